The van der Waals surface area contributed by atoms with Gasteiger partial charge in [-0.1, -0.05) is 6.92 Å². The van der Waals surface area contributed by atoms with Gasteiger partial charge in [-0.3, -0.25) is 0 Å². The van der Waals surface area contributed by atoms with Crippen LogP contribution in [-0.2, 0) is 6.42 Å². The summed E-state index contributed by atoms with van der Waals surface area (Å²) in [5, 5.41) is 3.61. The van der Waals surface area contributed by atoms with Gasteiger partial charge >= 0.3 is 0 Å². The first-order valence-electron chi connectivity index (χ1n) is 7.64. The van der Waals surface area contributed by atoms with Crippen LogP contribution in [0.2, 0.25) is 0 Å². The van der Waals surface area contributed by atoms with E-state index in [1.165, 1.54) is 30.5 Å². The predicted octanol–water partition coefficient (Wildman–Crippen LogP) is 2.70. The molecule has 4 heteroatoms. The van der Waals surface area contributed by atoms with Crippen LogP contribution in [0.5, 0.6) is 0 Å². The Kier molecular flexibility index (Phi) is 5.14. The van der Waals surface area contributed by atoms with Gasteiger partial charge in [-0.25, -0.2) is 9.97 Å². The number of aryl methyl sites for hydroxylation is 1. The minimum absolute atomic E-state index is 0.453. The molecule has 4 nitrogen and oxygen atoms in total. The van der Waals surface area contributed by atoms with Crippen molar-refractivity contribution >= 4 is 5.95 Å². The molecule has 1 atom stereocenters. The Morgan fingerprint density at radius 1 is 1.32 bits per heavy atom. The summed E-state index contributed by atoms with van der Waals surface area (Å²) in [5.74, 6) is 0.889. The van der Waals surface area contributed by atoms with E-state index in [1.54, 1.807) is 0 Å². The smallest absolute Gasteiger partial charge is 0.225 e. The molecule has 1 unspecified atom stereocenters. The number of aromatic nitrogens is 2. The quantitative estimate of drug-likeness (QED) is 0.856. The number of hydrogen-bond acceptors (Lipinski definition) is 4. The van der Waals surface area contributed by atoms with Crippen molar-refractivity contribution in [3.05, 3.63) is 17.5 Å². The molecule has 0 aliphatic heterocycles. The van der Waals surface area contributed by atoms with E-state index in [0.29, 0.717) is 6.04 Å². The van der Waals surface area contributed by atoms with Crippen molar-refractivity contribution in [2.24, 2.45) is 0 Å². The van der Waals surface area contributed by atoms with E-state index in [-0.39, 0.29) is 0 Å². The first-order valence-corrected chi connectivity index (χ1v) is 7.64. The molecular formula is C15H26N4. The fraction of sp³-hybridized carbons (Fsp3) is 0.733. The average Bonchev–Trinajstić information content (AvgIpc) is 2.46. The van der Waals surface area contributed by atoms with Crippen LogP contribution >= 0.6 is 0 Å². The lowest BCUT2D eigenvalue weighted by Crippen LogP contribution is -2.29. The van der Waals surface area contributed by atoms with Gasteiger partial charge in [-0.2, -0.15) is 0 Å². The molecule has 0 amide bonds. The fourth-order valence-electron chi connectivity index (χ4n) is 2.73. The van der Waals surface area contributed by atoms with E-state index in [9.17, 15) is 0 Å². The molecular weight excluding hydrogens is 236 g/mol. The topological polar surface area (TPSA) is 41.1 Å². The molecule has 0 saturated heterocycles. The third-order valence-electron chi connectivity index (χ3n) is 3.86. The van der Waals surface area contributed by atoms with Gasteiger partial charge in [0.2, 0.25) is 5.95 Å². The second kappa shape index (κ2) is 6.85. The molecule has 0 radical (unpaired) electrons. The van der Waals surface area contributed by atoms with Crippen LogP contribution in [-0.4, -0.2) is 29.6 Å². The summed E-state index contributed by atoms with van der Waals surface area (Å²) in [7, 11) is 0. The Balaban J connectivity index is 2.20. The Morgan fingerprint density at radius 3 is 2.79 bits per heavy atom. The van der Waals surface area contributed by atoms with E-state index < -0.39 is 0 Å². The molecule has 1 heterocycles. The Bertz CT molecular complexity index is 401. The molecule has 0 aromatic carbocycles. The molecule has 0 spiro atoms. The van der Waals surface area contributed by atoms with E-state index in [4.69, 9.17) is 4.98 Å². The molecule has 1 aromatic heterocycles. The average molecular weight is 262 g/mol. The second-order valence-corrected chi connectivity index (χ2v) is 5.14. The summed E-state index contributed by atoms with van der Waals surface area (Å²) in [6.45, 7) is 9.51. The molecule has 0 bridgehead atoms. The first kappa shape index (κ1) is 14.3. The highest BCUT2D eigenvalue weighted by atomic mass is 15.2. The van der Waals surface area contributed by atoms with Gasteiger partial charge in [0.1, 0.15) is 0 Å². The summed E-state index contributed by atoms with van der Waals surface area (Å²) in [6.07, 6.45) is 6.74. The maximum atomic E-state index is 4.79. The van der Waals surface area contributed by atoms with Crippen molar-refractivity contribution in [3.8, 4) is 0 Å². The third-order valence-corrected chi connectivity index (χ3v) is 3.86. The second-order valence-electron chi connectivity index (χ2n) is 5.14. The predicted molar refractivity (Wildman–Crippen MR) is 79.6 cm³/mol. The van der Waals surface area contributed by atoms with Crippen molar-refractivity contribution in [2.45, 2.75) is 52.5 Å². The number of nitrogens with one attached hydrogen (secondary N) is 1. The SMILES string of the molecule is CCCNC1CCCc2nc(N(CC)CC)ncc21. The lowest BCUT2D eigenvalue weighted by Gasteiger charge is -2.27. The summed E-state index contributed by atoms with van der Waals surface area (Å²) < 4.78 is 0. The minimum atomic E-state index is 0.453. The Hall–Kier alpha value is -1.16. The highest BCUT2D eigenvalue weighted by Gasteiger charge is 2.22. The Morgan fingerprint density at radius 2 is 2.11 bits per heavy atom. The summed E-state index contributed by atoms with van der Waals surface area (Å²) >= 11 is 0. The fourth-order valence-corrected chi connectivity index (χ4v) is 2.73. The molecule has 1 aromatic rings. The molecule has 0 saturated carbocycles. The van der Waals surface area contributed by atoms with Crippen LogP contribution in [0.25, 0.3) is 0 Å². The maximum absolute atomic E-state index is 4.79. The number of fused-ring (bicyclic) bond motifs is 1. The largest absolute Gasteiger partial charge is 0.341 e. The summed E-state index contributed by atoms with van der Waals surface area (Å²) in [5.41, 5.74) is 2.56. The standard InChI is InChI=1S/C15H26N4/c1-4-10-16-13-8-7-9-14-12(13)11-17-15(18-14)19(5-2)6-3/h11,13,16H,4-10H2,1-3H3. The number of hydrogen-bond donors (Lipinski definition) is 1. The molecule has 1 aliphatic carbocycles. The maximum Gasteiger partial charge on any atom is 0.225 e. The van der Waals surface area contributed by atoms with Crippen molar-refractivity contribution in [1.29, 1.82) is 0 Å². The van der Waals surface area contributed by atoms with Gasteiger partial charge in [-0.15, -0.1) is 0 Å². The summed E-state index contributed by atoms with van der Waals surface area (Å²) in [4.78, 5) is 11.6. The number of nitrogens with zero attached hydrogens (tertiary/aromatic N) is 3. The van der Waals surface area contributed by atoms with Gasteiger partial charge in [0.15, 0.2) is 0 Å². The Labute approximate surface area is 116 Å². The lowest BCUT2D eigenvalue weighted by molar-refractivity contribution is 0.453. The monoisotopic (exact) mass is 262 g/mol. The molecule has 0 fully saturated rings. The molecule has 1 aliphatic rings. The van der Waals surface area contributed by atoms with Gasteiger partial charge in [0.05, 0.1) is 5.69 Å². The van der Waals surface area contributed by atoms with Crippen molar-refractivity contribution in [1.82, 2.24) is 15.3 Å². The van der Waals surface area contributed by atoms with Crippen LogP contribution < -0.4 is 10.2 Å². The lowest BCUT2D eigenvalue weighted by atomic mass is 9.92. The van der Waals surface area contributed by atoms with Gasteiger partial charge in [0, 0.05) is 30.9 Å². The highest BCUT2D eigenvalue weighted by molar-refractivity contribution is 5.35. The zero-order chi connectivity index (χ0) is 13.7. The third kappa shape index (κ3) is 3.24. The zero-order valence-electron chi connectivity index (χ0n) is 12.4. The van der Waals surface area contributed by atoms with E-state index in [2.05, 4.69) is 36.0 Å². The van der Waals surface area contributed by atoms with E-state index >= 15 is 0 Å². The first-order chi connectivity index (χ1) is 9.30. The zero-order valence-corrected chi connectivity index (χ0v) is 12.4. The van der Waals surface area contributed by atoms with Gasteiger partial charge < -0.3 is 10.2 Å². The van der Waals surface area contributed by atoms with Crippen molar-refractivity contribution in [2.75, 3.05) is 24.5 Å². The number of rotatable bonds is 6. The number of anilines is 1. The van der Waals surface area contributed by atoms with Crippen LogP contribution in [0.15, 0.2) is 6.20 Å². The van der Waals surface area contributed by atoms with Crippen LogP contribution in [0, 0.1) is 0 Å². The van der Waals surface area contributed by atoms with Gasteiger partial charge in [0.25, 0.3) is 0 Å². The molecule has 106 valence electrons. The summed E-state index contributed by atoms with van der Waals surface area (Å²) in [6, 6.07) is 0.453. The molecule has 1 N–H and O–H groups in total. The van der Waals surface area contributed by atoms with Crippen LogP contribution in [0.1, 0.15) is 57.3 Å². The van der Waals surface area contributed by atoms with Gasteiger partial charge in [-0.05, 0) is 46.1 Å². The van der Waals surface area contributed by atoms with Crippen molar-refractivity contribution in [3.63, 3.8) is 0 Å². The molecule has 19 heavy (non-hydrogen) atoms. The van der Waals surface area contributed by atoms with Crippen LogP contribution in [0.4, 0.5) is 5.95 Å². The normalized spacial score (nSPS) is 18.2. The highest BCUT2D eigenvalue weighted by Crippen LogP contribution is 2.29. The molecule has 2 rings (SSSR count). The minimum Gasteiger partial charge on any atom is -0.341 e. The van der Waals surface area contributed by atoms with E-state index in [1.807, 2.05) is 6.20 Å². The van der Waals surface area contributed by atoms with Crippen LogP contribution in [0.3, 0.4) is 0 Å². The van der Waals surface area contributed by atoms with E-state index in [0.717, 1.165) is 32.0 Å². The van der Waals surface area contributed by atoms with Crippen molar-refractivity contribution < 1.29 is 0 Å².